The van der Waals surface area contributed by atoms with Crippen LogP contribution in [0.2, 0.25) is 5.02 Å². The summed E-state index contributed by atoms with van der Waals surface area (Å²) in [5, 5.41) is 14.2. The quantitative estimate of drug-likeness (QED) is 0.669. The zero-order chi connectivity index (χ0) is 15.4. The van der Waals surface area contributed by atoms with Crippen molar-refractivity contribution in [1.29, 1.82) is 0 Å². The van der Waals surface area contributed by atoms with Crippen molar-refractivity contribution in [2.45, 2.75) is 6.54 Å². The summed E-state index contributed by atoms with van der Waals surface area (Å²) in [5.41, 5.74) is 0.569. The summed E-state index contributed by atoms with van der Waals surface area (Å²) < 4.78 is 18.8. The maximum absolute atomic E-state index is 13.9. The molecule has 0 saturated heterocycles. The molecule has 2 aromatic carbocycles. The predicted molar refractivity (Wildman–Crippen MR) is 78.4 cm³/mol. The topological polar surface area (TPSA) is 64.4 Å². The molecule has 5 nitrogen and oxygen atoms in total. The van der Waals surface area contributed by atoms with Crippen molar-refractivity contribution < 1.29 is 14.1 Å². The van der Waals surface area contributed by atoms with Crippen molar-refractivity contribution in [1.82, 2.24) is 0 Å². The van der Waals surface area contributed by atoms with E-state index in [1.807, 2.05) is 6.07 Å². The van der Waals surface area contributed by atoms with Crippen LogP contribution in [-0.2, 0) is 6.54 Å². The SMILES string of the molecule is COc1cc(NCc2cccc(Cl)c2)c(F)cc1[N+](=O)[O-]. The number of methoxy groups -OCH3 is 1. The van der Waals surface area contributed by atoms with Crippen LogP contribution in [0.3, 0.4) is 0 Å². The average Bonchev–Trinajstić information content (AvgIpc) is 2.45. The van der Waals surface area contributed by atoms with E-state index < -0.39 is 16.4 Å². The maximum atomic E-state index is 13.9. The summed E-state index contributed by atoms with van der Waals surface area (Å²) in [6.45, 7) is 0.332. The summed E-state index contributed by atoms with van der Waals surface area (Å²) in [4.78, 5) is 10.1. The number of hydrogen-bond donors (Lipinski definition) is 1. The molecule has 0 radical (unpaired) electrons. The summed E-state index contributed by atoms with van der Waals surface area (Å²) in [5.74, 6) is -0.723. The fourth-order valence-electron chi connectivity index (χ4n) is 1.83. The van der Waals surface area contributed by atoms with Gasteiger partial charge in [-0.25, -0.2) is 4.39 Å². The van der Waals surface area contributed by atoms with E-state index in [1.54, 1.807) is 18.2 Å². The molecule has 0 saturated carbocycles. The third kappa shape index (κ3) is 3.61. The van der Waals surface area contributed by atoms with Gasteiger partial charge in [0.1, 0.15) is 0 Å². The average molecular weight is 311 g/mol. The molecular formula is C14H12ClFN2O3. The molecule has 0 aliphatic rings. The van der Waals surface area contributed by atoms with Crippen molar-refractivity contribution in [2.75, 3.05) is 12.4 Å². The van der Waals surface area contributed by atoms with Crippen molar-refractivity contribution in [2.24, 2.45) is 0 Å². The van der Waals surface area contributed by atoms with Crippen molar-refractivity contribution >= 4 is 23.0 Å². The second-order valence-electron chi connectivity index (χ2n) is 4.24. The number of nitro groups is 1. The van der Waals surface area contributed by atoms with E-state index in [0.717, 1.165) is 11.6 Å². The predicted octanol–water partition coefficient (Wildman–Crippen LogP) is 4.01. The summed E-state index contributed by atoms with van der Waals surface area (Å²) in [7, 11) is 1.29. The lowest BCUT2D eigenvalue weighted by atomic mass is 10.2. The highest BCUT2D eigenvalue weighted by Crippen LogP contribution is 2.32. The Morgan fingerprint density at radius 2 is 2.14 bits per heavy atom. The highest BCUT2D eigenvalue weighted by Gasteiger charge is 2.19. The first kappa shape index (κ1) is 15.1. The Morgan fingerprint density at radius 1 is 1.38 bits per heavy atom. The third-order valence-corrected chi connectivity index (χ3v) is 3.07. The van der Waals surface area contributed by atoms with Gasteiger partial charge in [-0.1, -0.05) is 23.7 Å². The molecule has 0 amide bonds. The van der Waals surface area contributed by atoms with E-state index in [1.165, 1.54) is 13.2 Å². The zero-order valence-corrected chi connectivity index (χ0v) is 11.9. The molecule has 21 heavy (non-hydrogen) atoms. The first-order valence-corrected chi connectivity index (χ1v) is 6.39. The molecule has 0 unspecified atom stereocenters. The number of halogens is 2. The van der Waals surface area contributed by atoms with E-state index in [4.69, 9.17) is 16.3 Å². The molecule has 0 atom stereocenters. The Morgan fingerprint density at radius 3 is 2.76 bits per heavy atom. The molecule has 0 heterocycles. The second-order valence-corrected chi connectivity index (χ2v) is 4.68. The third-order valence-electron chi connectivity index (χ3n) is 2.84. The van der Waals surface area contributed by atoms with Gasteiger partial charge in [-0.05, 0) is 17.7 Å². The van der Waals surface area contributed by atoms with Gasteiger partial charge in [-0.15, -0.1) is 0 Å². The molecule has 110 valence electrons. The van der Waals surface area contributed by atoms with Crippen molar-refractivity contribution in [3.05, 3.63) is 62.9 Å². The number of anilines is 1. The number of nitro benzene ring substituents is 1. The van der Waals surface area contributed by atoms with Crippen molar-refractivity contribution in [3.63, 3.8) is 0 Å². The summed E-state index contributed by atoms with van der Waals surface area (Å²) >= 11 is 5.86. The smallest absolute Gasteiger partial charge is 0.313 e. The van der Waals surface area contributed by atoms with Crippen LogP contribution < -0.4 is 10.1 Å². The molecule has 7 heteroatoms. The number of hydrogen-bond acceptors (Lipinski definition) is 4. The van der Waals surface area contributed by atoms with Gasteiger partial charge >= 0.3 is 5.69 Å². The van der Waals surface area contributed by atoms with Gasteiger partial charge in [0.25, 0.3) is 0 Å². The van der Waals surface area contributed by atoms with Crippen LogP contribution >= 0.6 is 11.6 Å². The van der Waals surface area contributed by atoms with Crippen LogP contribution in [0.25, 0.3) is 0 Å². The minimum absolute atomic E-state index is 0.00464. The van der Waals surface area contributed by atoms with E-state index in [2.05, 4.69) is 5.32 Å². The lowest BCUT2D eigenvalue weighted by Crippen LogP contribution is -2.03. The van der Waals surface area contributed by atoms with E-state index in [-0.39, 0.29) is 11.4 Å². The Bertz CT molecular complexity index is 679. The maximum Gasteiger partial charge on any atom is 0.313 e. The van der Waals surface area contributed by atoms with Gasteiger partial charge in [-0.3, -0.25) is 10.1 Å². The van der Waals surface area contributed by atoms with Crippen LogP contribution in [0.1, 0.15) is 5.56 Å². The van der Waals surface area contributed by atoms with Crippen molar-refractivity contribution in [3.8, 4) is 5.75 Å². The van der Waals surface area contributed by atoms with Gasteiger partial charge in [0.15, 0.2) is 11.6 Å². The zero-order valence-electron chi connectivity index (χ0n) is 11.1. The molecule has 0 aliphatic carbocycles. The first-order chi connectivity index (χ1) is 10.0. The van der Waals surface area contributed by atoms with Gasteiger partial charge in [0, 0.05) is 17.6 Å². The number of nitrogens with zero attached hydrogens (tertiary/aromatic N) is 1. The molecule has 0 fully saturated rings. The summed E-state index contributed by atoms with van der Waals surface area (Å²) in [6, 6.07) is 9.19. The molecule has 0 spiro atoms. The Hall–Kier alpha value is -2.34. The van der Waals surface area contributed by atoms with E-state index >= 15 is 0 Å². The highest BCUT2D eigenvalue weighted by atomic mass is 35.5. The van der Waals surface area contributed by atoms with Gasteiger partial charge in [0.2, 0.25) is 0 Å². The molecule has 2 aromatic rings. The van der Waals surface area contributed by atoms with E-state index in [9.17, 15) is 14.5 Å². The van der Waals surface area contributed by atoms with Crippen LogP contribution in [-0.4, -0.2) is 12.0 Å². The molecule has 0 bridgehead atoms. The normalized spacial score (nSPS) is 10.2. The number of nitrogens with one attached hydrogen (secondary N) is 1. The molecule has 1 N–H and O–H groups in total. The van der Waals surface area contributed by atoms with E-state index in [0.29, 0.717) is 11.6 Å². The monoisotopic (exact) mass is 310 g/mol. The Balaban J connectivity index is 2.22. The number of benzene rings is 2. The first-order valence-electron chi connectivity index (χ1n) is 6.01. The van der Waals surface area contributed by atoms with Crippen LogP contribution in [0, 0.1) is 15.9 Å². The van der Waals surface area contributed by atoms with Gasteiger partial charge < -0.3 is 10.1 Å². The lowest BCUT2D eigenvalue weighted by Gasteiger charge is -2.10. The lowest BCUT2D eigenvalue weighted by molar-refractivity contribution is -0.385. The molecular weight excluding hydrogens is 299 g/mol. The Kier molecular flexibility index (Phi) is 4.59. The van der Waals surface area contributed by atoms with Crippen LogP contribution in [0.4, 0.5) is 15.8 Å². The molecule has 2 rings (SSSR count). The largest absolute Gasteiger partial charge is 0.490 e. The standard InChI is InChI=1S/C14H12ClFN2O3/c1-21-14-7-12(11(16)6-13(14)18(19)20)17-8-9-3-2-4-10(15)5-9/h2-7,17H,8H2,1H3. The Labute approximate surface area is 125 Å². The van der Waals surface area contributed by atoms with Crippen LogP contribution in [0.15, 0.2) is 36.4 Å². The molecule has 0 aliphatic heterocycles. The van der Waals surface area contributed by atoms with Gasteiger partial charge in [0.05, 0.1) is 23.8 Å². The minimum atomic E-state index is -0.718. The highest BCUT2D eigenvalue weighted by molar-refractivity contribution is 6.30. The van der Waals surface area contributed by atoms with Gasteiger partial charge in [-0.2, -0.15) is 0 Å². The number of ether oxygens (including phenoxy) is 1. The minimum Gasteiger partial charge on any atom is -0.490 e. The fraction of sp³-hybridized carbons (Fsp3) is 0.143. The molecule has 0 aromatic heterocycles. The fourth-order valence-corrected chi connectivity index (χ4v) is 2.04. The van der Waals surface area contributed by atoms with Crippen LogP contribution in [0.5, 0.6) is 5.75 Å². The number of rotatable bonds is 5. The summed E-state index contributed by atoms with van der Waals surface area (Å²) in [6.07, 6.45) is 0. The second kappa shape index (κ2) is 6.41.